The number of ether oxygens (including phenoxy) is 2. The summed E-state index contributed by atoms with van der Waals surface area (Å²) in [7, 11) is 2.59. The van der Waals surface area contributed by atoms with Gasteiger partial charge in [-0.05, 0) is 73.9 Å². The van der Waals surface area contributed by atoms with Crippen LogP contribution in [0.1, 0.15) is 77.1 Å². The Hall–Kier alpha value is -5.54. The van der Waals surface area contributed by atoms with Crippen LogP contribution in [0.3, 0.4) is 0 Å². The number of fused-ring (bicyclic) bond motifs is 2. The second-order valence-corrected chi connectivity index (χ2v) is 15.7. The number of hydrogen-bond acceptors (Lipinski definition) is 10. The summed E-state index contributed by atoms with van der Waals surface area (Å²) in [6, 6.07) is 10.8. The van der Waals surface area contributed by atoms with E-state index in [0.717, 1.165) is 97.0 Å². The molecule has 3 saturated heterocycles. The lowest BCUT2D eigenvalue weighted by atomic mass is 10.0. The van der Waals surface area contributed by atoms with E-state index in [1.165, 1.54) is 14.2 Å². The Bertz CT molecular complexity index is 1920. The van der Waals surface area contributed by atoms with E-state index in [0.29, 0.717) is 13.1 Å². The monoisotopic (exact) mass is 770 g/mol. The summed E-state index contributed by atoms with van der Waals surface area (Å²) in [5.41, 5.74) is 5.78. The molecular formula is C40H54N10O6. The van der Waals surface area contributed by atoms with Crippen LogP contribution in [0.4, 0.5) is 21.0 Å². The minimum Gasteiger partial charge on any atom is -0.453 e. The number of carbonyl (C=O) groups is 4. The van der Waals surface area contributed by atoms with Crippen LogP contribution in [0.2, 0.25) is 0 Å². The molecule has 300 valence electrons. The average Bonchev–Trinajstić information content (AvgIpc) is 4.03. The van der Waals surface area contributed by atoms with Crippen LogP contribution in [-0.4, -0.2) is 119 Å². The van der Waals surface area contributed by atoms with Crippen molar-refractivity contribution in [1.29, 1.82) is 0 Å². The molecule has 4 atom stereocenters. The standard InChI is InChI=1S/C40H54N10O6/c1-23(2)33(45-39(53)55-5)37(51)49-15-7-9-31(49)35-41-27-13-11-25(21-29(27)43-35)47-17-19-48(20-18-47)26-12-14-28-30(22-26)44-36(42-28)32-10-8-16-50(32)38(52)34(24(3)4)46-40(54)56-6/h11-14,21-24,31-34H,7-10,15-20H2,1-6H3,(H,41,43)(H,42,44)(H,45,53)(H,46,54)/t31-,32-,33-,34-/m0/s1. The van der Waals surface area contributed by atoms with Crippen LogP contribution in [0.15, 0.2) is 36.4 Å². The van der Waals surface area contributed by atoms with Gasteiger partial charge in [0.2, 0.25) is 11.8 Å². The van der Waals surface area contributed by atoms with Crippen LogP contribution >= 0.6 is 0 Å². The Kier molecular flexibility index (Phi) is 11.3. The van der Waals surface area contributed by atoms with Gasteiger partial charge in [-0.25, -0.2) is 19.6 Å². The zero-order valence-electron chi connectivity index (χ0n) is 33.1. The molecular weight excluding hydrogens is 717 g/mol. The fourth-order valence-electron chi connectivity index (χ4n) is 8.35. The Balaban J connectivity index is 1.000. The van der Waals surface area contributed by atoms with Crippen molar-refractivity contribution in [2.45, 2.75) is 77.5 Å². The average molecular weight is 771 g/mol. The first kappa shape index (κ1) is 38.7. The highest BCUT2D eigenvalue weighted by atomic mass is 16.5. The van der Waals surface area contributed by atoms with Gasteiger partial charge < -0.3 is 49.7 Å². The van der Waals surface area contributed by atoms with E-state index in [2.05, 4.69) is 54.7 Å². The maximum absolute atomic E-state index is 13.6. The van der Waals surface area contributed by atoms with E-state index >= 15 is 0 Å². The number of methoxy groups -OCH3 is 2. The number of aromatic nitrogens is 4. The molecule has 56 heavy (non-hydrogen) atoms. The van der Waals surface area contributed by atoms with Gasteiger partial charge in [-0.2, -0.15) is 0 Å². The number of nitrogens with one attached hydrogen (secondary N) is 4. The molecule has 4 amide bonds. The first-order valence-corrected chi connectivity index (χ1v) is 19.7. The smallest absolute Gasteiger partial charge is 0.407 e. The van der Waals surface area contributed by atoms with Gasteiger partial charge in [0, 0.05) is 50.6 Å². The van der Waals surface area contributed by atoms with Crippen molar-refractivity contribution in [3.05, 3.63) is 48.0 Å². The number of anilines is 2. The quantitative estimate of drug-likeness (QED) is 0.174. The highest BCUT2D eigenvalue weighted by Gasteiger charge is 2.39. The maximum atomic E-state index is 13.6. The van der Waals surface area contributed by atoms with E-state index in [4.69, 9.17) is 19.4 Å². The van der Waals surface area contributed by atoms with Gasteiger partial charge in [-0.15, -0.1) is 0 Å². The number of benzene rings is 2. The largest absolute Gasteiger partial charge is 0.453 e. The minimum atomic E-state index is -0.682. The second kappa shape index (κ2) is 16.3. The lowest BCUT2D eigenvalue weighted by Gasteiger charge is -2.37. The van der Waals surface area contributed by atoms with Crippen molar-refractivity contribution < 1.29 is 28.7 Å². The molecule has 3 aliphatic heterocycles. The zero-order chi connectivity index (χ0) is 39.7. The van der Waals surface area contributed by atoms with Crippen LogP contribution in [0.25, 0.3) is 22.1 Å². The van der Waals surface area contributed by atoms with Gasteiger partial charge in [-0.3, -0.25) is 9.59 Å². The molecule has 3 aliphatic rings. The molecule has 0 bridgehead atoms. The number of imidazole rings is 2. The molecule has 4 aromatic rings. The summed E-state index contributed by atoms with van der Waals surface area (Å²) in [6.07, 6.45) is 2.07. The van der Waals surface area contributed by atoms with Gasteiger partial charge in [0.1, 0.15) is 23.7 Å². The van der Waals surface area contributed by atoms with Crippen molar-refractivity contribution in [3.63, 3.8) is 0 Å². The number of H-pyrrole nitrogens is 2. The fraction of sp³-hybridized carbons (Fsp3) is 0.550. The molecule has 0 aliphatic carbocycles. The lowest BCUT2D eigenvalue weighted by molar-refractivity contribution is -0.136. The number of carbonyl (C=O) groups excluding carboxylic acids is 4. The number of likely N-dealkylation sites (tertiary alicyclic amines) is 2. The number of rotatable bonds is 10. The van der Waals surface area contributed by atoms with Crippen LogP contribution in [0, 0.1) is 11.8 Å². The van der Waals surface area contributed by atoms with E-state index in [-0.39, 0.29) is 35.7 Å². The number of alkyl carbamates (subject to hydrolysis) is 2. The SMILES string of the molecule is COC(=O)N[C@H](C(=O)N1CCC[C@H]1c1nc2ccc(N3CCN(c4ccc5nc([C@@H]6CCCN6C(=O)[C@@H](NC(=O)OC)C(C)C)[nH]c5c4)CC3)cc2[nH]1)C(C)C. The van der Waals surface area contributed by atoms with E-state index < -0.39 is 24.3 Å². The van der Waals surface area contributed by atoms with Gasteiger partial charge in [0.15, 0.2) is 0 Å². The normalized spacial score (nSPS) is 19.9. The lowest BCUT2D eigenvalue weighted by Crippen LogP contribution is -2.51. The predicted octanol–water partition coefficient (Wildman–Crippen LogP) is 4.85. The molecule has 7 rings (SSSR count). The fourth-order valence-corrected chi connectivity index (χ4v) is 8.35. The van der Waals surface area contributed by atoms with Gasteiger partial charge in [0.25, 0.3) is 0 Å². The molecule has 16 nitrogen and oxygen atoms in total. The first-order valence-electron chi connectivity index (χ1n) is 19.7. The number of amides is 4. The summed E-state index contributed by atoms with van der Waals surface area (Å²) in [5, 5.41) is 5.43. The molecule has 5 heterocycles. The molecule has 4 N–H and O–H groups in total. The van der Waals surface area contributed by atoms with Crippen LogP contribution < -0.4 is 20.4 Å². The number of piperazine rings is 1. The predicted molar refractivity (Wildman–Crippen MR) is 212 cm³/mol. The zero-order valence-corrected chi connectivity index (χ0v) is 33.1. The number of hydrogen-bond donors (Lipinski definition) is 4. The van der Waals surface area contributed by atoms with Gasteiger partial charge in [-0.1, -0.05) is 27.7 Å². The molecule has 0 saturated carbocycles. The van der Waals surface area contributed by atoms with Crippen molar-refractivity contribution in [2.24, 2.45) is 11.8 Å². The van der Waals surface area contributed by atoms with Crippen molar-refractivity contribution in [2.75, 3.05) is 63.3 Å². The molecule has 0 spiro atoms. The molecule has 3 fully saturated rings. The molecule has 2 aromatic carbocycles. The van der Waals surface area contributed by atoms with E-state index in [1.807, 2.05) is 49.6 Å². The third-order valence-corrected chi connectivity index (χ3v) is 11.5. The van der Waals surface area contributed by atoms with E-state index in [9.17, 15) is 19.2 Å². The summed E-state index contributed by atoms with van der Waals surface area (Å²) in [4.78, 5) is 76.5. The van der Waals surface area contributed by atoms with Crippen LogP contribution in [-0.2, 0) is 19.1 Å². The van der Waals surface area contributed by atoms with Gasteiger partial charge in [0.05, 0.1) is 48.4 Å². The van der Waals surface area contributed by atoms with Gasteiger partial charge >= 0.3 is 12.2 Å². The molecule has 0 unspecified atom stereocenters. The van der Waals surface area contributed by atoms with Crippen molar-refractivity contribution >= 4 is 57.4 Å². The third-order valence-electron chi connectivity index (χ3n) is 11.5. The Morgan fingerprint density at radius 3 is 1.39 bits per heavy atom. The minimum absolute atomic E-state index is 0.0998. The van der Waals surface area contributed by atoms with Crippen molar-refractivity contribution in [3.8, 4) is 0 Å². The van der Waals surface area contributed by atoms with Crippen molar-refractivity contribution in [1.82, 2.24) is 40.4 Å². The summed E-state index contributed by atoms with van der Waals surface area (Å²) < 4.78 is 9.55. The number of aromatic amines is 2. The summed E-state index contributed by atoms with van der Waals surface area (Å²) in [6.45, 7) is 12.2. The molecule has 2 aromatic heterocycles. The Morgan fingerprint density at radius 1 is 0.643 bits per heavy atom. The summed E-state index contributed by atoms with van der Waals surface area (Å²) in [5.74, 6) is 1.06. The Morgan fingerprint density at radius 2 is 1.04 bits per heavy atom. The second-order valence-electron chi connectivity index (χ2n) is 15.7. The number of nitrogens with zero attached hydrogens (tertiary/aromatic N) is 6. The highest BCUT2D eigenvalue weighted by molar-refractivity contribution is 5.88. The van der Waals surface area contributed by atoms with Crippen LogP contribution in [0.5, 0.6) is 0 Å². The van der Waals surface area contributed by atoms with E-state index in [1.54, 1.807) is 0 Å². The Labute approximate surface area is 326 Å². The topological polar surface area (TPSA) is 181 Å². The maximum Gasteiger partial charge on any atom is 0.407 e. The highest BCUT2D eigenvalue weighted by Crippen LogP contribution is 2.35. The molecule has 16 heteroatoms. The molecule has 0 radical (unpaired) electrons. The first-order chi connectivity index (χ1) is 26.9. The summed E-state index contributed by atoms with van der Waals surface area (Å²) >= 11 is 0. The third kappa shape index (κ3) is 7.78.